The molecule has 0 saturated carbocycles. The molecule has 174 valence electrons. The van der Waals surface area contributed by atoms with Crippen molar-refractivity contribution >= 4 is 5.91 Å². The van der Waals surface area contributed by atoms with Crippen molar-refractivity contribution in [2.24, 2.45) is 16.1 Å². The van der Waals surface area contributed by atoms with Crippen molar-refractivity contribution < 1.29 is 9.53 Å². The Morgan fingerprint density at radius 3 is 2.55 bits per heavy atom. The fourth-order valence-corrected chi connectivity index (χ4v) is 3.29. The summed E-state index contributed by atoms with van der Waals surface area (Å²) in [5.41, 5.74) is 10.1. The Hall–Kier alpha value is -3.32. The van der Waals surface area contributed by atoms with Crippen molar-refractivity contribution in [1.29, 1.82) is 5.26 Å². The fraction of sp³-hybridized carbons (Fsp3) is 0.417. The second kappa shape index (κ2) is 11.5. The predicted molar refractivity (Wildman–Crippen MR) is 124 cm³/mol. The van der Waals surface area contributed by atoms with Gasteiger partial charge in [-0.25, -0.2) is 5.12 Å². The maximum atomic E-state index is 12.5. The zero-order valence-electron chi connectivity index (χ0n) is 19.0. The predicted octanol–water partition coefficient (Wildman–Crippen LogP) is 2.64. The number of hydrazine groups is 1. The number of carbonyl (C=O) groups is 1. The molecular weight excluding hydrogens is 418 g/mol. The van der Waals surface area contributed by atoms with Crippen LogP contribution in [0, 0.1) is 11.3 Å². The van der Waals surface area contributed by atoms with Crippen LogP contribution < -0.4 is 16.5 Å². The Morgan fingerprint density at radius 2 is 1.91 bits per heavy atom. The number of nitriles is 1. The highest BCUT2D eigenvalue weighted by molar-refractivity contribution is 5.85. The standard InChI is InChI=1S/C24H31N7O2/c1-24(2,26)23(32)27-21(17-33-16-18-9-5-3-6-10-18)22-28-30-31(29-22)14-13-20(15-25)19-11-7-4-8-12-19/h3-12,20-22,29H,13-14,16-17,26H2,1-2H3,(H,27,32)/t20?,21-,22?/m1/s1. The van der Waals surface area contributed by atoms with Crippen molar-refractivity contribution in [3.63, 3.8) is 0 Å². The first-order valence-electron chi connectivity index (χ1n) is 11.0. The van der Waals surface area contributed by atoms with E-state index in [1.165, 1.54) is 0 Å². The van der Waals surface area contributed by atoms with E-state index in [1.54, 1.807) is 19.0 Å². The topological polar surface area (TPSA) is 128 Å². The SMILES string of the molecule is CC(C)(N)C(=O)N[C@H](COCc1ccccc1)C1N=NN(CCC(C#N)c2ccccc2)N1. The summed E-state index contributed by atoms with van der Waals surface area (Å²) in [7, 11) is 0. The molecule has 0 saturated heterocycles. The van der Waals surface area contributed by atoms with Crippen LogP contribution in [-0.4, -0.2) is 41.9 Å². The third-order valence-corrected chi connectivity index (χ3v) is 5.24. The number of rotatable bonds is 11. The maximum Gasteiger partial charge on any atom is 0.239 e. The minimum Gasteiger partial charge on any atom is -0.374 e. The van der Waals surface area contributed by atoms with Crippen molar-refractivity contribution in [3.8, 4) is 6.07 Å². The van der Waals surface area contributed by atoms with Crippen LogP contribution in [0.5, 0.6) is 0 Å². The van der Waals surface area contributed by atoms with Crippen LogP contribution in [0.1, 0.15) is 37.3 Å². The Kier molecular flexibility index (Phi) is 8.49. The number of hydrogen-bond donors (Lipinski definition) is 3. The molecule has 0 radical (unpaired) electrons. The molecule has 0 aliphatic carbocycles. The van der Waals surface area contributed by atoms with Crippen LogP contribution >= 0.6 is 0 Å². The van der Waals surface area contributed by atoms with Crippen molar-refractivity contribution in [3.05, 3.63) is 71.8 Å². The van der Waals surface area contributed by atoms with Crippen LogP contribution in [0.3, 0.4) is 0 Å². The van der Waals surface area contributed by atoms with Gasteiger partial charge in [0, 0.05) is 0 Å². The molecule has 33 heavy (non-hydrogen) atoms. The summed E-state index contributed by atoms with van der Waals surface area (Å²) in [5.74, 6) is -0.551. The van der Waals surface area contributed by atoms with E-state index in [4.69, 9.17) is 10.5 Å². The smallest absolute Gasteiger partial charge is 0.239 e. The first kappa shape index (κ1) is 24.3. The number of nitrogens with zero attached hydrogens (tertiary/aromatic N) is 4. The first-order valence-corrected chi connectivity index (χ1v) is 11.0. The lowest BCUT2D eigenvalue weighted by atomic mass is 9.97. The molecule has 0 fully saturated rings. The number of amides is 1. The molecule has 9 nitrogen and oxygen atoms in total. The summed E-state index contributed by atoms with van der Waals surface area (Å²) in [4.78, 5) is 12.5. The van der Waals surface area contributed by atoms with Gasteiger partial charge in [0.25, 0.3) is 0 Å². The van der Waals surface area contributed by atoms with Gasteiger partial charge in [-0.15, -0.1) is 5.11 Å². The van der Waals surface area contributed by atoms with Crippen LogP contribution in [0.4, 0.5) is 0 Å². The van der Waals surface area contributed by atoms with Gasteiger partial charge in [-0.05, 0) is 31.4 Å². The molecule has 3 rings (SSSR count). The third-order valence-electron chi connectivity index (χ3n) is 5.24. The van der Waals surface area contributed by atoms with Gasteiger partial charge in [0.15, 0.2) is 6.17 Å². The fourth-order valence-electron chi connectivity index (χ4n) is 3.29. The normalized spacial score (nSPS) is 17.4. The summed E-state index contributed by atoms with van der Waals surface area (Å²) in [6.07, 6.45) is 0.0701. The number of carbonyl (C=O) groups excluding carboxylic acids is 1. The monoisotopic (exact) mass is 449 g/mol. The van der Waals surface area contributed by atoms with Crippen LogP contribution in [0.15, 0.2) is 71.0 Å². The van der Waals surface area contributed by atoms with Gasteiger partial charge in [-0.2, -0.15) is 10.7 Å². The maximum absolute atomic E-state index is 12.5. The second-order valence-electron chi connectivity index (χ2n) is 8.59. The number of nitrogens with two attached hydrogens (primary N) is 1. The molecule has 0 bridgehead atoms. The van der Waals surface area contributed by atoms with E-state index < -0.39 is 17.7 Å². The average molecular weight is 450 g/mol. The minimum atomic E-state index is -1.04. The van der Waals surface area contributed by atoms with E-state index in [2.05, 4.69) is 27.1 Å². The third kappa shape index (κ3) is 7.36. The highest BCUT2D eigenvalue weighted by Gasteiger charge is 2.32. The number of ether oxygens (including phenoxy) is 1. The van der Waals surface area contributed by atoms with Gasteiger partial charge in [0.05, 0.1) is 43.3 Å². The minimum absolute atomic E-state index is 0.228. The molecule has 2 aromatic rings. The van der Waals surface area contributed by atoms with Crippen molar-refractivity contribution in [2.45, 2.75) is 50.5 Å². The van der Waals surface area contributed by atoms with E-state index in [0.717, 1.165) is 11.1 Å². The van der Waals surface area contributed by atoms with Gasteiger partial charge >= 0.3 is 0 Å². The van der Waals surface area contributed by atoms with E-state index in [1.807, 2.05) is 60.7 Å². The largest absolute Gasteiger partial charge is 0.374 e. The molecule has 2 aromatic carbocycles. The molecule has 2 unspecified atom stereocenters. The molecule has 1 heterocycles. The van der Waals surface area contributed by atoms with E-state index >= 15 is 0 Å². The molecule has 0 spiro atoms. The summed E-state index contributed by atoms with van der Waals surface area (Å²) in [6.45, 7) is 4.41. The van der Waals surface area contributed by atoms with Gasteiger partial charge < -0.3 is 15.8 Å². The summed E-state index contributed by atoms with van der Waals surface area (Å²) in [6, 6.07) is 21.3. The molecule has 1 aliphatic heterocycles. The number of hydrogen-bond acceptors (Lipinski definition) is 8. The van der Waals surface area contributed by atoms with Crippen molar-refractivity contribution in [2.75, 3.05) is 13.2 Å². The molecule has 9 heteroatoms. The van der Waals surface area contributed by atoms with Crippen molar-refractivity contribution in [1.82, 2.24) is 15.9 Å². The molecule has 1 amide bonds. The molecule has 4 N–H and O–H groups in total. The highest BCUT2D eigenvalue weighted by atomic mass is 16.5. The van der Waals surface area contributed by atoms with Gasteiger partial charge in [0.2, 0.25) is 5.91 Å². The number of nitrogens with one attached hydrogen (secondary N) is 2. The number of benzene rings is 2. The summed E-state index contributed by atoms with van der Waals surface area (Å²) in [5, 5.41) is 22.5. The Bertz CT molecular complexity index is 954. The zero-order valence-corrected chi connectivity index (χ0v) is 19.0. The Balaban J connectivity index is 1.56. The lowest BCUT2D eigenvalue weighted by Gasteiger charge is -2.27. The van der Waals surface area contributed by atoms with E-state index in [-0.39, 0.29) is 18.4 Å². The second-order valence-corrected chi connectivity index (χ2v) is 8.59. The van der Waals surface area contributed by atoms with Gasteiger partial charge in [-0.3, -0.25) is 4.79 Å². The molecule has 3 atom stereocenters. The summed E-state index contributed by atoms with van der Waals surface area (Å²) < 4.78 is 5.86. The molecular formula is C24H31N7O2. The molecule has 1 aliphatic rings. The van der Waals surface area contributed by atoms with Crippen LogP contribution in [-0.2, 0) is 16.1 Å². The van der Waals surface area contributed by atoms with Gasteiger partial charge in [0.1, 0.15) is 0 Å². The zero-order chi connectivity index (χ0) is 23.7. The van der Waals surface area contributed by atoms with E-state index in [0.29, 0.717) is 19.6 Å². The summed E-state index contributed by atoms with van der Waals surface area (Å²) >= 11 is 0. The van der Waals surface area contributed by atoms with E-state index in [9.17, 15) is 10.1 Å². The lowest BCUT2D eigenvalue weighted by Crippen LogP contribution is -2.58. The van der Waals surface area contributed by atoms with Crippen LogP contribution in [0.25, 0.3) is 0 Å². The Labute approximate surface area is 194 Å². The lowest BCUT2D eigenvalue weighted by molar-refractivity contribution is -0.126. The average Bonchev–Trinajstić information content (AvgIpc) is 3.28. The van der Waals surface area contributed by atoms with Gasteiger partial charge in [-0.1, -0.05) is 65.9 Å². The van der Waals surface area contributed by atoms with Crippen LogP contribution in [0.2, 0.25) is 0 Å². The molecule has 0 aromatic heterocycles. The Morgan fingerprint density at radius 1 is 1.24 bits per heavy atom. The quantitative estimate of drug-likeness (QED) is 0.484. The first-order chi connectivity index (χ1) is 15.9. The highest BCUT2D eigenvalue weighted by Crippen LogP contribution is 2.20.